The quantitative estimate of drug-likeness (QED) is 0.492. The third kappa shape index (κ3) is 4.12. The summed E-state index contributed by atoms with van der Waals surface area (Å²) in [5.41, 5.74) is 1.56. The van der Waals surface area contributed by atoms with Gasteiger partial charge in [-0.2, -0.15) is 0 Å². The molecular formula is C23H21N3O2S. The molecule has 0 aliphatic carbocycles. The van der Waals surface area contributed by atoms with Crippen molar-refractivity contribution in [2.45, 2.75) is 26.3 Å². The second-order valence-electron chi connectivity index (χ2n) is 7.89. The van der Waals surface area contributed by atoms with Crippen molar-refractivity contribution in [2.75, 3.05) is 5.32 Å². The molecule has 0 fully saturated rings. The summed E-state index contributed by atoms with van der Waals surface area (Å²) in [6.45, 7) is 5.77. The van der Waals surface area contributed by atoms with E-state index in [4.69, 9.17) is 0 Å². The third-order valence-corrected chi connectivity index (χ3v) is 5.34. The number of benzene rings is 3. The molecule has 0 spiro atoms. The minimum Gasteiger partial charge on any atom is -0.347 e. The van der Waals surface area contributed by atoms with Gasteiger partial charge in [0.1, 0.15) is 0 Å². The molecule has 29 heavy (non-hydrogen) atoms. The van der Waals surface area contributed by atoms with Gasteiger partial charge >= 0.3 is 0 Å². The number of rotatable bonds is 3. The normalized spacial score (nSPS) is 11.6. The van der Waals surface area contributed by atoms with Crippen LogP contribution in [0.5, 0.6) is 0 Å². The van der Waals surface area contributed by atoms with Crippen LogP contribution in [0.15, 0.2) is 60.7 Å². The van der Waals surface area contributed by atoms with E-state index in [2.05, 4.69) is 21.7 Å². The zero-order chi connectivity index (χ0) is 20.6. The van der Waals surface area contributed by atoms with Crippen LogP contribution in [-0.2, 0) is 0 Å². The molecule has 0 aliphatic rings. The van der Waals surface area contributed by atoms with Crippen LogP contribution in [0.3, 0.4) is 0 Å². The first-order chi connectivity index (χ1) is 13.8. The molecule has 146 valence electrons. The second-order valence-corrected chi connectivity index (χ2v) is 8.92. The maximum absolute atomic E-state index is 12.6. The van der Waals surface area contributed by atoms with Gasteiger partial charge < -0.3 is 5.32 Å². The van der Waals surface area contributed by atoms with E-state index in [1.165, 1.54) is 11.3 Å². The van der Waals surface area contributed by atoms with Crippen molar-refractivity contribution in [3.8, 4) is 0 Å². The monoisotopic (exact) mass is 403 g/mol. The van der Waals surface area contributed by atoms with Crippen LogP contribution >= 0.6 is 11.3 Å². The Kier molecular flexibility index (Phi) is 4.80. The molecule has 1 heterocycles. The predicted octanol–water partition coefficient (Wildman–Crippen LogP) is 5.23. The minimum absolute atomic E-state index is 0.164. The molecule has 0 bridgehead atoms. The van der Waals surface area contributed by atoms with Crippen LogP contribution < -0.4 is 10.6 Å². The molecule has 2 N–H and O–H groups in total. The van der Waals surface area contributed by atoms with E-state index in [1.807, 2.05) is 51.1 Å². The van der Waals surface area contributed by atoms with Crippen molar-refractivity contribution in [1.29, 1.82) is 0 Å². The highest BCUT2D eigenvalue weighted by atomic mass is 32.1. The Morgan fingerprint density at radius 2 is 1.52 bits per heavy atom. The Morgan fingerprint density at radius 3 is 2.21 bits per heavy atom. The Labute approximate surface area is 172 Å². The van der Waals surface area contributed by atoms with Gasteiger partial charge in [-0.05, 0) is 56.5 Å². The number of carbonyl (C=O) groups is 2. The highest BCUT2D eigenvalue weighted by Crippen LogP contribution is 2.31. The van der Waals surface area contributed by atoms with E-state index in [0.29, 0.717) is 16.3 Å². The summed E-state index contributed by atoms with van der Waals surface area (Å²) in [7, 11) is 0. The van der Waals surface area contributed by atoms with Gasteiger partial charge in [-0.3, -0.25) is 14.9 Å². The number of carbonyl (C=O) groups excluding carboxylic acids is 2. The number of amides is 2. The SMILES string of the molecule is CC(C)(C)NC(=O)c1ccc(C(=O)Nc2nc3c(ccc4ccccc43)s2)cc1. The van der Waals surface area contributed by atoms with Crippen molar-refractivity contribution in [3.63, 3.8) is 0 Å². The van der Waals surface area contributed by atoms with Crippen molar-refractivity contribution in [2.24, 2.45) is 0 Å². The van der Waals surface area contributed by atoms with Crippen LogP contribution in [0.25, 0.3) is 21.0 Å². The summed E-state index contributed by atoms with van der Waals surface area (Å²) in [6.07, 6.45) is 0. The molecular weight excluding hydrogens is 382 g/mol. The van der Waals surface area contributed by atoms with E-state index < -0.39 is 0 Å². The van der Waals surface area contributed by atoms with Gasteiger partial charge in [0.15, 0.2) is 5.13 Å². The fourth-order valence-electron chi connectivity index (χ4n) is 3.07. The fourth-order valence-corrected chi connectivity index (χ4v) is 3.95. The van der Waals surface area contributed by atoms with E-state index >= 15 is 0 Å². The summed E-state index contributed by atoms with van der Waals surface area (Å²) in [5.74, 6) is -0.418. The van der Waals surface area contributed by atoms with E-state index in [0.717, 1.165) is 21.0 Å². The molecule has 6 heteroatoms. The maximum Gasteiger partial charge on any atom is 0.257 e. The number of anilines is 1. The zero-order valence-electron chi connectivity index (χ0n) is 16.4. The standard InChI is InChI=1S/C23H21N3O2S/c1-23(2,3)26-21(28)16-10-8-15(9-11-16)20(27)25-22-24-19-17-7-5-4-6-14(17)12-13-18(19)29-22/h4-13H,1-3H3,(H,26,28)(H,24,25,27). The van der Waals surface area contributed by atoms with Gasteiger partial charge in [0.25, 0.3) is 11.8 Å². The van der Waals surface area contributed by atoms with Gasteiger partial charge in [-0.25, -0.2) is 4.98 Å². The lowest BCUT2D eigenvalue weighted by Crippen LogP contribution is -2.40. The molecule has 0 saturated heterocycles. The lowest BCUT2D eigenvalue weighted by atomic mass is 10.1. The van der Waals surface area contributed by atoms with Gasteiger partial charge in [-0.15, -0.1) is 0 Å². The van der Waals surface area contributed by atoms with Crippen LogP contribution in [0.4, 0.5) is 5.13 Å². The van der Waals surface area contributed by atoms with Crippen molar-refractivity contribution < 1.29 is 9.59 Å². The predicted molar refractivity (Wildman–Crippen MR) is 119 cm³/mol. The molecule has 3 aromatic carbocycles. The number of nitrogens with one attached hydrogen (secondary N) is 2. The average molecular weight is 404 g/mol. The second kappa shape index (κ2) is 7.29. The van der Waals surface area contributed by atoms with Crippen LogP contribution in [0.1, 0.15) is 41.5 Å². The van der Waals surface area contributed by atoms with Crippen LogP contribution in [0.2, 0.25) is 0 Å². The molecule has 0 saturated carbocycles. The van der Waals surface area contributed by atoms with Crippen LogP contribution in [-0.4, -0.2) is 22.3 Å². The fraction of sp³-hybridized carbons (Fsp3) is 0.174. The largest absolute Gasteiger partial charge is 0.347 e. The minimum atomic E-state index is -0.315. The first-order valence-corrected chi connectivity index (χ1v) is 10.1. The highest BCUT2D eigenvalue weighted by Gasteiger charge is 2.16. The first kappa shape index (κ1) is 19.1. The molecule has 0 atom stereocenters. The summed E-state index contributed by atoms with van der Waals surface area (Å²) in [6, 6.07) is 18.7. The summed E-state index contributed by atoms with van der Waals surface area (Å²) in [4.78, 5) is 29.5. The van der Waals surface area contributed by atoms with Crippen molar-refractivity contribution in [1.82, 2.24) is 10.3 Å². The number of nitrogens with zero attached hydrogens (tertiary/aromatic N) is 1. The summed E-state index contributed by atoms with van der Waals surface area (Å²) >= 11 is 1.44. The topological polar surface area (TPSA) is 71.1 Å². The van der Waals surface area contributed by atoms with Gasteiger partial charge in [0, 0.05) is 22.1 Å². The van der Waals surface area contributed by atoms with E-state index in [-0.39, 0.29) is 17.4 Å². The molecule has 0 aliphatic heterocycles. The van der Waals surface area contributed by atoms with E-state index in [1.54, 1.807) is 24.3 Å². The van der Waals surface area contributed by atoms with Crippen LogP contribution in [0, 0.1) is 0 Å². The van der Waals surface area contributed by atoms with Gasteiger partial charge in [0.2, 0.25) is 0 Å². The molecule has 0 radical (unpaired) electrons. The molecule has 5 nitrogen and oxygen atoms in total. The van der Waals surface area contributed by atoms with Crippen molar-refractivity contribution >= 4 is 49.3 Å². The van der Waals surface area contributed by atoms with Crippen molar-refractivity contribution in [3.05, 3.63) is 71.8 Å². The lowest BCUT2D eigenvalue weighted by Gasteiger charge is -2.20. The number of thiazole rings is 1. The molecule has 1 aromatic heterocycles. The van der Waals surface area contributed by atoms with E-state index in [9.17, 15) is 9.59 Å². The Hall–Kier alpha value is -3.25. The molecule has 2 amide bonds. The molecule has 4 rings (SSSR count). The summed E-state index contributed by atoms with van der Waals surface area (Å²) < 4.78 is 1.02. The summed E-state index contributed by atoms with van der Waals surface area (Å²) in [5, 5.41) is 8.51. The number of fused-ring (bicyclic) bond motifs is 3. The van der Waals surface area contributed by atoms with Gasteiger partial charge in [-0.1, -0.05) is 41.7 Å². The maximum atomic E-state index is 12.6. The Balaban J connectivity index is 1.53. The first-order valence-electron chi connectivity index (χ1n) is 9.32. The molecule has 0 unspecified atom stereocenters. The lowest BCUT2D eigenvalue weighted by molar-refractivity contribution is 0.0918. The number of hydrogen-bond acceptors (Lipinski definition) is 4. The smallest absolute Gasteiger partial charge is 0.257 e. The zero-order valence-corrected chi connectivity index (χ0v) is 17.3. The Bertz CT molecular complexity index is 1220. The average Bonchev–Trinajstić information content (AvgIpc) is 3.09. The Morgan fingerprint density at radius 1 is 0.862 bits per heavy atom. The number of hydrogen-bond donors (Lipinski definition) is 2. The highest BCUT2D eigenvalue weighted by molar-refractivity contribution is 7.22. The molecule has 4 aromatic rings. The number of aromatic nitrogens is 1. The van der Waals surface area contributed by atoms with Gasteiger partial charge in [0.05, 0.1) is 10.2 Å². The third-order valence-electron chi connectivity index (χ3n) is 4.40.